The quantitative estimate of drug-likeness (QED) is 0.769. The molecule has 0 aliphatic carbocycles. The van der Waals surface area contributed by atoms with Gasteiger partial charge in [0.25, 0.3) is 0 Å². The predicted molar refractivity (Wildman–Crippen MR) is 61.0 cm³/mol. The Hall–Kier alpha value is -1.29. The van der Waals surface area contributed by atoms with Gasteiger partial charge in [0, 0.05) is 7.05 Å². The fourth-order valence-electron chi connectivity index (χ4n) is 1.24. The molecule has 0 aliphatic heterocycles. The zero-order valence-electron chi connectivity index (χ0n) is 10.3. The molecule has 0 bridgehead atoms. The number of amides is 1. The molecule has 4 nitrogen and oxygen atoms in total. The van der Waals surface area contributed by atoms with Crippen molar-refractivity contribution in [1.82, 2.24) is 4.90 Å². The van der Waals surface area contributed by atoms with Crippen LogP contribution in [0.3, 0.4) is 0 Å². The first-order chi connectivity index (χ1) is 7.49. The van der Waals surface area contributed by atoms with Crippen LogP contribution < -0.4 is 0 Å². The van der Waals surface area contributed by atoms with Gasteiger partial charge in [-0.25, -0.2) is 0 Å². The minimum Gasteiger partial charge on any atom is -0.464 e. The maximum atomic E-state index is 11.6. The number of furan rings is 1. The summed E-state index contributed by atoms with van der Waals surface area (Å²) in [7, 11) is 1.74. The average Bonchev–Trinajstić information content (AvgIpc) is 2.60. The Kier molecular flexibility index (Phi) is 4.55. The van der Waals surface area contributed by atoms with E-state index in [1.807, 2.05) is 32.9 Å². The predicted octanol–water partition coefficient (Wildman–Crippen LogP) is 1.97. The summed E-state index contributed by atoms with van der Waals surface area (Å²) in [5, 5.41) is 0. The highest BCUT2D eigenvalue weighted by molar-refractivity contribution is 5.77. The van der Waals surface area contributed by atoms with Gasteiger partial charge in [-0.3, -0.25) is 4.79 Å². The second-order valence-corrected chi connectivity index (χ2v) is 4.12. The van der Waals surface area contributed by atoms with Gasteiger partial charge in [0.1, 0.15) is 18.1 Å². The number of aryl methyl sites for hydroxylation is 1. The van der Waals surface area contributed by atoms with Crippen molar-refractivity contribution in [3.8, 4) is 0 Å². The molecule has 1 aromatic heterocycles. The second kappa shape index (κ2) is 5.70. The number of hydrogen-bond donors (Lipinski definition) is 0. The molecular formula is C12H19NO3. The molecule has 1 amide bonds. The van der Waals surface area contributed by atoms with Crippen LogP contribution in [0.5, 0.6) is 0 Å². The molecule has 0 atom stereocenters. The van der Waals surface area contributed by atoms with Crippen LogP contribution in [0.4, 0.5) is 0 Å². The zero-order chi connectivity index (χ0) is 12.1. The highest BCUT2D eigenvalue weighted by Crippen LogP contribution is 2.08. The largest absolute Gasteiger partial charge is 0.464 e. The second-order valence-electron chi connectivity index (χ2n) is 4.12. The first-order valence-electron chi connectivity index (χ1n) is 5.40. The van der Waals surface area contributed by atoms with Crippen molar-refractivity contribution in [3.63, 3.8) is 0 Å². The Labute approximate surface area is 96.2 Å². The fraction of sp³-hybridized carbons (Fsp3) is 0.583. The van der Waals surface area contributed by atoms with Crippen LogP contribution in [0.1, 0.15) is 25.4 Å². The van der Waals surface area contributed by atoms with Gasteiger partial charge < -0.3 is 14.1 Å². The van der Waals surface area contributed by atoms with Crippen LogP contribution in [0.2, 0.25) is 0 Å². The standard InChI is InChI=1S/C12H19NO3/c1-9(2)15-8-12(14)13(4)7-11-6-5-10(3)16-11/h5-6,9H,7-8H2,1-4H3. The van der Waals surface area contributed by atoms with Gasteiger partial charge >= 0.3 is 0 Å². The summed E-state index contributed by atoms with van der Waals surface area (Å²) in [6, 6.07) is 3.76. The normalized spacial score (nSPS) is 10.8. The Balaban J connectivity index is 2.39. The van der Waals surface area contributed by atoms with E-state index in [-0.39, 0.29) is 18.6 Å². The van der Waals surface area contributed by atoms with Crippen molar-refractivity contribution in [2.24, 2.45) is 0 Å². The lowest BCUT2D eigenvalue weighted by atomic mass is 10.4. The van der Waals surface area contributed by atoms with Crippen LogP contribution >= 0.6 is 0 Å². The minimum absolute atomic E-state index is 0.0391. The van der Waals surface area contributed by atoms with E-state index in [4.69, 9.17) is 9.15 Å². The number of rotatable bonds is 5. The fourth-order valence-corrected chi connectivity index (χ4v) is 1.24. The molecular weight excluding hydrogens is 206 g/mol. The molecule has 1 heterocycles. The van der Waals surface area contributed by atoms with Gasteiger partial charge in [0.05, 0.1) is 12.6 Å². The maximum absolute atomic E-state index is 11.6. The average molecular weight is 225 g/mol. The third kappa shape index (κ3) is 4.06. The van der Waals surface area contributed by atoms with Gasteiger partial charge in [-0.1, -0.05) is 0 Å². The molecule has 0 spiro atoms. The number of carbonyl (C=O) groups is 1. The molecule has 0 fully saturated rings. The smallest absolute Gasteiger partial charge is 0.248 e. The van der Waals surface area contributed by atoms with E-state index in [2.05, 4.69) is 0 Å². The third-order valence-electron chi connectivity index (χ3n) is 2.15. The van der Waals surface area contributed by atoms with E-state index >= 15 is 0 Å². The number of carbonyl (C=O) groups excluding carboxylic acids is 1. The third-order valence-corrected chi connectivity index (χ3v) is 2.15. The van der Waals surface area contributed by atoms with Crippen LogP contribution in [0.25, 0.3) is 0 Å². The van der Waals surface area contributed by atoms with Crippen molar-refractivity contribution in [3.05, 3.63) is 23.7 Å². The summed E-state index contributed by atoms with van der Waals surface area (Å²) >= 11 is 0. The lowest BCUT2D eigenvalue weighted by Gasteiger charge is -2.16. The SMILES string of the molecule is Cc1ccc(CN(C)C(=O)COC(C)C)o1. The Morgan fingerprint density at radius 1 is 1.50 bits per heavy atom. The zero-order valence-corrected chi connectivity index (χ0v) is 10.3. The van der Waals surface area contributed by atoms with Crippen molar-refractivity contribution in [2.75, 3.05) is 13.7 Å². The first kappa shape index (κ1) is 12.8. The molecule has 1 rings (SSSR count). The molecule has 0 N–H and O–H groups in total. The molecule has 0 saturated carbocycles. The van der Waals surface area contributed by atoms with Crippen LogP contribution in [-0.2, 0) is 16.1 Å². The van der Waals surface area contributed by atoms with Crippen molar-refractivity contribution >= 4 is 5.91 Å². The van der Waals surface area contributed by atoms with Gasteiger partial charge in [-0.2, -0.15) is 0 Å². The van der Waals surface area contributed by atoms with E-state index in [9.17, 15) is 4.79 Å². The number of ether oxygens (including phenoxy) is 1. The van der Waals surface area contributed by atoms with Crippen molar-refractivity contribution < 1.29 is 13.9 Å². The number of hydrogen-bond acceptors (Lipinski definition) is 3. The molecule has 4 heteroatoms. The monoisotopic (exact) mass is 225 g/mol. The van der Waals surface area contributed by atoms with E-state index in [1.54, 1.807) is 11.9 Å². The molecule has 0 aliphatic rings. The summed E-state index contributed by atoms with van der Waals surface area (Å²) < 4.78 is 10.6. The molecule has 0 radical (unpaired) electrons. The summed E-state index contributed by atoms with van der Waals surface area (Å²) in [6.07, 6.45) is 0.0724. The highest BCUT2D eigenvalue weighted by Gasteiger charge is 2.11. The summed E-state index contributed by atoms with van der Waals surface area (Å²) in [5.41, 5.74) is 0. The molecule has 0 aromatic carbocycles. The van der Waals surface area contributed by atoms with Crippen molar-refractivity contribution in [2.45, 2.75) is 33.4 Å². The lowest BCUT2D eigenvalue weighted by Crippen LogP contribution is -2.30. The molecule has 1 aromatic rings. The van der Waals surface area contributed by atoms with Gasteiger partial charge in [0.2, 0.25) is 5.91 Å². The number of nitrogens with zero attached hydrogens (tertiary/aromatic N) is 1. The van der Waals surface area contributed by atoms with Gasteiger partial charge in [-0.15, -0.1) is 0 Å². The van der Waals surface area contributed by atoms with E-state index in [1.165, 1.54) is 0 Å². The summed E-state index contributed by atoms with van der Waals surface area (Å²) in [4.78, 5) is 13.2. The Morgan fingerprint density at radius 3 is 2.69 bits per heavy atom. The van der Waals surface area contributed by atoms with E-state index in [0.717, 1.165) is 11.5 Å². The Bertz CT molecular complexity index is 344. The molecule has 90 valence electrons. The molecule has 0 saturated heterocycles. The first-order valence-corrected chi connectivity index (χ1v) is 5.40. The molecule has 0 unspecified atom stereocenters. The topological polar surface area (TPSA) is 42.7 Å². The van der Waals surface area contributed by atoms with Crippen LogP contribution in [0.15, 0.2) is 16.5 Å². The van der Waals surface area contributed by atoms with Gasteiger partial charge in [-0.05, 0) is 32.9 Å². The van der Waals surface area contributed by atoms with Gasteiger partial charge in [0.15, 0.2) is 0 Å². The number of likely N-dealkylation sites (N-methyl/N-ethyl adjacent to an activating group) is 1. The lowest BCUT2D eigenvalue weighted by molar-refractivity contribution is -0.137. The van der Waals surface area contributed by atoms with Crippen LogP contribution in [0, 0.1) is 6.92 Å². The minimum atomic E-state index is -0.0391. The van der Waals surface area contributed by atoms with E-state index < -0.39 is 0 Å². The maximum Gasteiger partial charge on any atom is 0.248 e. The molecule has 16 heavy (non-hydrogen) atoms. The Morgan fingerprint density at radius 2 is 2.19 bits per heavy atom. The van der Waals surface area contributed by atoms with Crippen molar-refractivity contribution in [1.29, 1.82) is 0 Å². The van der Waals surface area contributed by atoms with E-state index in [0.29, 0.717) is 6.54 Å². The summed E-state index contributed by atoms with van der Waals surface area (Å²) in [6.45, 7) is 6.29. The summed E-state index contributed by atoms with van der Waals surface area (Å²) in [5.74, 6) is 1.61. The van der Waals surface area contributed by atoms with Crippen LogP contribution in [-0.4, -0.2) is 30.6 Å². The highest BCUT2D eigenvalue weighted by atomic mass is 16.5.